The Morgan fingerprint density at radius 2 is 1.79 bits per heavy atom. The summed E-state index contributed by atoms with van der Waals surface area (Å²) in [4.78, 5) is 27.7. The summed E-state index contributed by atoms with van der Waals surface area (Å²) in [6.07, 6.45) is -13.6. The number of halogens is 3. The van der Waals surface area contributed by atoms with Gasteiger partial charge < -0.3 is 34.6 Å². The van der Waals surface area contributed by atoms with E-state index in [9.17, 15) is 43.2 Å². The first-order chi connectivity index (χ1) is 17.7. The molecule has 38 heavy (non-hydrogen) atoms. The van der Waals surface area contributed by atoms with E-state index in [4.69, 9.17) is 19.5 Å². The van der Waals surface area contributed by atoms with Gasteiger partial charge in [-0.15, -0.1) is 0 Å². The normalized spacial score (nSPS) is 42.5. The highest BCUT2D eigenvalue weighted by molar-refractivity contribution is 6.23. The van der Waals surface area contributed by atoms with Crippen molar-refractivity contribution in [2.75, 3.05) is 11.5 Å². The quantitative estimate of drug-likeness (QED) is 0.374. The summed E-state index contributed by atoms with van der Waals surface area (Å²) < 4.78 is 58.0. The Morgan fingerprint density at radius 3 is 2.39 bits per heavy atom. The Labute approximate surface area is 213 Å². The molecule has 4 saturated heterocycles. The molecule has 0 aliphatic carbocycles. The number of aliphatic hydroxyl groups is 4. The molecule has 4 fully saturated rings. The second kappa shape index (κ2) is 8.68. The molecule has 4 aliphatic heterocycles. The van der Waals surface area contributed by atoms with Gasteiger partial charge in [0.25, 0.3) is 0 Å². The average molecular weight is 542 g/mol. The van der Waals surface area contributed by atoms with Crippen LogP contribution in [0.25, 0.3) is 0 Å². The number of anilines is 1. The predicted molar refractivity (Wildman–Crippen MR) is 117 cm³/mol. The summed E-state index contributed by atoms with van der Waals surface area (Å²) >= 11 is 0. The molecule has 4 aliphatic rings. The van der Waals surface area contributed by atoms with Crippen molar-refractivity contribution in [1.29, 1.82) is 5.26 Å². The summed E-state index contributed by atoms with van der Waals surface area (Å²) in [5.41, 5.74) is -5.01. The largest absolute Gasteiger partial charge is 0.417 e. The lowest BCUT2D eigenvalue weighted by molar-refractivity contribution is -0.319. The summed E-state index contributed by atoms with van der Waals surface area (Å²) in [6, 6.07) is 4.03. The number of fused-ring (bicyclic) bond motifs is 5. The van der Waals surface area contributed by atoms with Crippen LogP contribution in [-0.2, 0) is 30.0 Å². The zero-order valence-corrected chi connectivity index (χ0v) is 20.1. The third kappa shape index (κ3) is 3.69. The molecule has 4 heterocycles. The molecule has 0 radical (unpaired) electrons. The van der Waals surface area contributed by atoms with E-state index in [1.165, 1.54) is 13.0 Å². The van der Waals surface area contributed by atoms with Crippen molar-refractivity contribution < 1.29 is 57.4 Å². The van der Waals surface area contributed by atoms with E-state index in [1.807, 2.05) is 0 Å². The molecule has 11 nitrogen and oxygen atoms in total. The van der Waals surface area contributed by atoms with E-state index in [-0.39, 0.29) is 12.1 Å². The Hall–Kier alpha value is -2.64. The smallest absolute Gasteiger partial charge is 0.394 e. The highest BCUT2D eigenvalue weighted by atomic mass is 19.4. The van der Waals surface area contributed by atoms with Crippen LogP contribution in [-0.4, -0.2) is 86.9 Å². The molecule has 206 valence electrons. The fraction of sp³-hybridized carbons (Fsp3) is 0.625. The van der Waals surface area contributed by atoms with Gasteiger partial charge in [0.1, 0.15) is 30.0 Å². The SMILES string of the molecule is CC12C[C@@H](OC3O[C@H](CO)[C@@H](O)[C@H](O)[C@H]3O)C(C)(O1)[C@H]1C(=O)N(c3ccc(C#N)c(C(F)(F)F)c3)C(=O)[C@H]12. The number of rotatable bonds is 4. The molecule has 2 amide bonds. The third-order valence-corrected chi connectivity index (χ3v) is 8.10. The van der Waals surface area contributed by atoms with Gasteiger partial charge in [0.05, 0.1) is 53.0 Å². The maximum Gasteiger partial charge on any atom is 0.417 e. The van der Waals surface area contributed by atoms with Crippen molar-refractivity contribution in [2.45, 2.75) is 74.5 Å². The van der Waals surface area contributed by atoms with Gasteiger partial charge in [0.2, 0.25) is 11.8 Å². The van der Waals surface area contributed by atoms with Crippen LogP contribution in [0.3, 0.4) is 0 Å². The Balaban J connectivity index is 1.45. The molecule has 14 heteroatoms. The maximum atomic E-state index is 13.6. The van der Waals surface area contributed by atoms with E-state index < -0.39 is 95.6 Å². The molecule has 2 bridgehead atoms. The third-order valence-electron chi connectivity index (χ3n) is 8.10. The predicted octanol–water partition coefficient (Wildman–Crippen LogP) is -0.181. The number of nitrogens with zero attached hydrogens (tertiary/aromatic N) is 2. The summed E-state index contributed by atoms with van der Waals surface area (Å²) in [5.74, 6) is -3.77. The van der Waals surface area contributed by atoms with Gasteiger partial charge in [-0.3, -0.25) is 9.59 Å². The second-order valence-corrected chi connectivity index (χ2v) is 10.4. The number of carbonyl (C=O) groups is 2. The van der Waals surface area contributed by atoms with Crippen molar-refractivity contribution in [1.82, 2.24) is 0 Å². The van der Waals surface area contributed by atoms with Gasteiger partial charge >= 0.3 is 6.18 Å². The molecule has 0 saturated carbocycles. The molecular weight excluding hydrogens is 517 g/mol. The minimum atomic E-state index is -4.90. The highest BCUT2D eigenvalue weighted by Crippen LogP contribution is 2.62. The van der Waals surface area contributed by atoms with E-state index in [2.05, 4.69) is 0 Å². The lowest BCUT2D eigenvalue weighted by Crippen LogP contribution is -2.61. The molecule has 10 atom stereocenters. The van der Waals surface area contributed by atoms with Gasteiger partial charge in [-0.1, -0.05) is 0 Å². The standard InChI is InChI=1S/C24H25F3N2O9/c1-22-6-13(37-21-18(33)17(32)16(31)12(8-30)36-21)23(2,38-22)15-14(22)19(34)29(20(15)35)10-4-3-9(7-28)11(5-10)24(25,26)27/h3-5,12-18,21,30-33H,6,8H2,1-2H3/t12-,13-,14+,15-,16-,17+,18-,21?,22?,23?/m1/s1. The van der Waals surface area contributed by atoms with Crippen LogP contribution >= 0.6 is 0 Å². The summed E-state index contributed by atoms with van der Waals surface area (Å²) in [6.45, 7) is 2.39. The lowest BCUT2D eigenvalue weighted by Gasteiger charge is -2.43. The zero-order valence-electron chi connectivity index (χ0n) is 20.1. The van der Waals surface area contributed by atoms with Crippen molar-refractivity contribution in [3.8, 4) is 6.07 Å². The number of hydrogen-bond acceptors (Lipinski definition) is 10. The molecule has 0 aromatic heterocycles. The topological polar surface area (TPSA) is 170 Å². The molecule has 1 aromatic rings. The maximum absolute atomic E-state index is 13.6. The van der Waals surface area contributed by atoms with Crippen LogP contribution in [0.1, 0.15) is 31.4 Å². The number of aliphatic hydroxyl groups excluding tert-OH is 4. The molecule has 3 unspecified atom stereocenters. The number of alkyl halides is 3. The average Bonchev–Trinajstić information content (AvgIpc) is 3.38. The molecule has 4 N–H and O–H groups in total. The number of carbonyl (C=O) groups excluding carboxylic acids is 2. The first-order valence-corrected chi connectivity index (χ1v) is 11.8. The Kier molecular flexibility index (Phi) is 6.16. The van der Waals surface area contributed by atoms with E-state index in [1.54, 1.807) is 6.92 Å². The second-order valence-electron chi connectivity index (χ2n) is 10.4. The van der Waals surface area contributed by atoms with Crippen LogP contribution in [0.4, 0.5) is 18.9 Å². The molecular formula is C24H25F3N2O9. The number of imide groups is 1. The Morgan fingerprint density at radius 1 is 1.13 bits per heavy atom. The highest BCUT2D eigenvalue weighted by Gasteiger charge is 2.76. The van der Waals surface area contributed by atoms with E-state index in [0.717, 1.165) is 12.1 Å². The molecule has 0 spiro atoms. The molecule has 1 aromatic carbocycles. The Bertz CT molecular complexity index is 1220. The van der Waals surface area contributed by atoms with Crippen molar-refractivity contribution in [3.63, 3.8) is 0 Å². The number of ether oxygens (including phenoxy) is 3. The monoisotopic (exact) mass is 542 g/mol. The number of nitriles is 1. The van der Waals surface area contributed by atoms with Crippen molar-refractivity contribution >= 4 is 17.5 Å². The summed E-state index contributed by atoms with van der Waals surface area (Å²) in [7, 11) is 0. The minimum absolute atomic E-state index is 0.0354. The lowest BCUT2D eigenvalue weighted by atomic mass is 9.67. The van der Waals surface area contributed by atoms with Crippen LogP contribution in [0, 0.1) is 23.2 Å². The van der Waals surface area contributed by atoms with Gasteiger partial charge in [0.15, 0.2) is 6.29 Å². The number of benzene rings is 1. The van der Waals surface area contributed by atoms with Gasteiger partial charge in [-0.05, 0) is 32.0 Å². The summed E-state index contributed by atoms with van der Waals surface area (Å²) in [5, 5.41) is 49.0. The van der Waals surface area contributed by atoms with Crippen LogP contribution in [0.15, 0.2) is 18.2 Å². The van der Waals surface area contributed by atoms with E-state index in [0.29, 0.717) is 11.0 Å². The first-order valence-electron chi connectivity index (χ1n) is 11.8. The van der Waals surface area contributed by atoms with Gasteiger partial charge in [-0.2, -0.15) is 18.4 Å². The fourth-order valence-corrected chi connectivity index (χ4v) is 6.28. The molecule has 5 rings (SSSR count). The van der Waals surface area contributed by atoms with Gasteiger partial charge in [0, 0.05) is 6.42 Å². The minimum Gasteiger partial charge on any atom is -0.394 e. The fourth-order valence-electron chi connectivity index (χ4n) is 6.28. The van der Waals surface area contributed by atoms with Gasteiger partial charge in [-0.25, -0.2) is 4.90 Å². The van der Waals surface area contributed by atoms with Crippen LogP contribution in [0.5, 0.6) is 0 Å². The number of hydrogen-bond donors (Lipinski definition) is 4. The zero-order chi connectivity index (χ0) is 27.9. The first kappa shape index (κ1) is 26.9. The number of amides is 2. The van der Waals surface area contributed by atoms with E-state index >= 15 is 0 Å². The van der Waals surface area contributed by atoms with Crippen LogP contribution in [0.2, 0.25) is 0 Å². The van der Waals surface area contributed by atoms with Crippen molar-refractivity contribution in [3.05, 3.63) is 29.3 Å². The van der Waals surface area contributed by atoms with Crippen LogP contribution < -0.4 is 4.90 Å². The van der Waals surface area contributed by atoms with Crippen molar-refractivity contribution in [2.24, 2.45) is 11.8 Å².